The molecule has 0 radical (unpaired) electrons. The van der Waals surface area contributed by atoms with Gasteiger partial charge in [0.15, 0.2) is 0 Å². The number of hydrogen-bond donors (Lipinski definition) is 0. The molecule has 1 aromatic heterocycles. The number of benzene rings is 2. The number of carbonyl (C=O) groups excluding carboxylic acids is 2. The molecule has 0 atom stereocenters. The predicted molar refractivity (Wildman–Crippen MR) is 110 cm³/mol. The molecule has 1 saturated heterocycles. The van der Waals surface area contributed by atoms with Gasteiger partial charge >= 0.3 is 0 Å². The zero-order valence-corrected chi connectivity index (χ0v) is 16.8. The van der Waals surface area contributed by atoms with E-state index >= 15 is 0 Å². The van der Waals surface area contributed by atoms with E-state index < -0.39 is 0 Å². The quantitative estimate of drug-likeness (QED) is 0.445. The van der Waals surface area contributed by atoms with E-state index in [4.69, 9.17) is 4.42 Å². The fraction of sp³-hybridized carbons (Fsp3) is 0.0476. The van der Waals surface area contributed by atoms with Gasteiger partial charge in [-0.3, -0.25) is 14.5 Å². The maximum atomic E-state index is 13.0. The van der Waals surface area contributed by atoms with Gasteiger partial charge in [0.25, 0.3) is 11.1 Å². The SMILES string of the molecule is O=C1SC(=Cc2ccc(-c3ccc(Br)cc3)o2)C(=O)N1Cc1ccc(F)cc1. The highest BCUT2D eigenvalue weighted by Gasteiger charge is 2.35. The van der Waals surface area contributed by atoms with Crippen LogP contribution >= 0.6 is 27.7 Å². The molecule has 7 heteroatoms. The number of rotatable bonds is 4. The highest BCUT2D eigenvalue weighted by Crippen LogP contribution is 2.34. The lowest BCUT2D eigenvalue weighted by molar-refractivity contribution is -0.123. The minimum Gasteiger partial charge on any atom is -0.457 e. The van der Waals surface area contributed by atoms with Gasteiger partial charge in [-0.05, 0) is 53.7 Å². The molecule has 0 bridgehead atoms. The van der Waals surface area contributed by atoms with Crippen molar-refractivity contribution in [3.63, 3.8) is 0 Å². The Labute approximate surface area is 173 Å². The van der Waals surface area contributed by atoms with Gasteiger partial charge in [-0.25, -0.2) is 4.39 Å². The van der Waals surface area contributed by atoms with Crippen molar-refractivity contribution >= 4 is 44.9 Å². The molecule has 0 aliphatic carbocycles. The van der Waals surface area contributed by atoms with Crippen molar-refractivity contribution in [1.82, 2.24) is 4.90 Å². The molecule has 0 saturated carbocycles. The van der Waals surface area contributed by atoms with Gasteiger partial charge in [0.2, 0.25) is 0 Å². The summed E-state index contributed by atoms with van der Waals surface area (Å²) in [7, 11) is 0. The van der Waals surface area contributed by atoms with Gasteiger partial charge < -0.3 is 4.42 Å². The summed E-state index contributed by atoms with van der Waals surface area (Å²) in [5.41, 5.74) is 1.59. The number of imide groups is 1. The smallest absolute Gasteiger partial charge is 0.293 e. The maximum absolute atomic E-state index is 13.0. The molecule has 0 spiro atoms. The van der Waals surface area contributed by atoms with Gasteiger partial charge in [0.05, 0.1) is 11.4 Å². The van der Waals surface area contributed by atoms with Crippen LogP contribution in [0, 0.1) is 5.82 Å². The van der Waals surface area contributed by atoms with Crippen molar-refractivity contribution in [3.8, 4) is 11.3 Å². The Kier molecular flexibility index (Phi) is 5.19. The molecule has 1 aliphatic heterocycles. The molecule has 0 N–H and O–H groups in total. The lowest BCUT2D eigenvalue weighted by Gasteiger charge is -2.12. The van der Waals surface area contributed by atoms with E-state index in [9.17, 15) is 14.0 Å². The van der Waals surface area contributed by atoms with Crippen molar-refractivity contribution in [1.29, 1.82) is 0 Å². The van der Waals surface area contributed by atoms with E-state index in [1.54, 1.807) is 24.3 Å². The van der Waals surface area contributed by atoms with Crippen molar-refractivity contribution in [2.75, 3.05) is 0 Å². The summed E-state index contributed by atoms with van der Waals surface area (Å²) in [4.78, 5) is 26.3. The Morgan fingerprint density at radius 3 is 2.43 bits per heavy atom. The summed E-state index contributed by atoms with van der Waals surface area (Å²) < 4.78 is 19.8. The third-order valence-corrected chi connectivity index (χ3v) is 5.59. The van der Waals surface area contributed by atoms with Crippen molar-refractivity contribution in [2.24, 2.45) is 0 Å². The first-order valence-corrected chi connectivity index (χ1v) is 9.96. The summed E-state index contributed by atoms with van der Waals surface area (Å²) in [6.45, 7) is 0.102. The highest BCUT2D eigenvalue weighted by molar-refractivity contribution is 9.10. The lowest BCUT2D eigenvalue weighted by atomic mass is 10.2. The molecule has 140 valence electrons. The predicted octanol–water partition coefficient (Wildman–Crippen LogP) is 6.08. The Morgan fingerprint density at radius 1 is 1.00 bits per heavy atom. The van der Waals surface area contributed by atoms with Gasteiger partial charge in [-0.15, -0.1) is 0 Å². The molecule has 2 amide bonds. The van der Waals surface area contributed by atoms with Crippen LogP contribution < -0.4 is 0 Å². The van der Waals surface area contributed by atoms with Crippen LogP contribution in [0.25, 0.3) is 17.4 Å². The first-order chi connectivity index (χ1) is 13.5. The molecule has 0 unspecified atom stereocenters. The number of nitrogens with zero attached hydrogens (tertiary/aromatic N) is 1. The normalized spacial score (nSPS) is 15.6. The number of carbonyl (C=O) groups is 2. The van der Waals surface area contributed by atoms with Gasteiger partial charge in [0, 0.05) is 16.1 Å². The first kappa shape index (κ1) is 18.7. The largest absolute Gasteiger partial charge is 0.457 e. The van der Waals surface area contributed by atoms with Crippen LogP contribution in [0.3, 0.4) is 0 Å². The van der Waals surface area contributed by atoms with Gasteiger partial charge in [0.1, 0.15) is 17.3 Å². The average Bonchev–Trinajstić information content (AvgIpc) is 3.24. The summed E-state index contributed by atoms with van der Waals surface area (Å²) in [5, 5.41) is -0.361. The second-order valence-corrected chi connectivity index (χ2v) is 8.01. The lowest BCUT2D eigenvalue weighted by Crippen LogP contribution is -2.27. The van der Waals surface area contributed by atoms with Crippen LogP contribution in [0.2, 0.25) is 0 Å². The number of amides is 2. The Balaban J connectivity index is 1.52. The van der Waals surface area contributed by atoms with E-state index in [1.807, 2.05) is 30.3 Å². The van der Waals surface area contributed by atoms with Crippen LogP contribution in [0.1, 0.15) is 11.3 Å². The second-order valence-electron chi connectivity index (χ2n) is 6.10. The van der Waals surface area contributed by atoms with Gasteiger partial charge in [-0.2, -0.15) is 0 Å². The molecular formula is C21H13BrFNO3S. The molecule has 2 aromatic carbocycles. The fourth-order valence-corrected chi connectivity index (χ4v) is 3.82. The second kappa shape index (κ2) is 7.77. The number of halogens is 2. The summed E-state index contributed by atoms with van der Waals surface area (Å²) in [5.74, 6) is 0.410. The number of hydrogen-bond acceptors (Lipinski definition) is 4. The summed E-state index contributed by atoms with van der Waals surface area (Å²) in [6.07, 6.45) is 1.57. The average molecular weight is 458 g/mol. The third kappa shape index (κ3) is 3.95. The fourth-order valence-electron chi connectivity index (χ4n) is 2.74. The van der Waals surface area contributed by atoms with Crippen molar-refractivity contribution < 1.29 is 18.4 Å². The first-order valence-electron chi connectivity index (χ1n) is 8.35. The molecule has 28 heavy (non-hydrogen) atoms. The molecule has 1 aliphatic rings. The summed E-state index contributed by atoms with van der Waals surface area (Å²) >= 11 is 4.26. The number of furan rings is 1. The molecule has 4 rings (SSSR count). The molecular weight excluding hydrogens is 445 g/mol. The van der Waals surface area contributed by atoms with E-state index in [0.29, 0.717) is 22.0 Å². The van der Waals surface area contributed by atoms with E-state index in [-0.39, 0.29) is 23.5 Å². The maximum Gasteiger partial charge on any atom is 0.293 e. The Morgan fingerprint density at radius 2 is 1.71 bits per heavy atom. The van der Waals surface area contributed by atoms with Gasteiger partial charge in [-0.1, -0.05) is 40.2 Å². The standard InChI is InChI=1S/C21H13BrFNO3S/c22-15-5-3-14(4-6-15)18-10-9-17(27-18)11-19-20(25)24(21(26)28-19)12-13-1-7-16(23)8-2-13/h1-11H,12H2. The van der Waals surface area contributed by atoms with Crippen molar-refractivity contribution in [3.05, 3.63) is 87.2 Å². The molecule has 1 fully saturated rings. The van der Waals surface area contributed by atoms with Crippen LogP contribution in [-0.4, -0.2) is 16.0 Å². The van der Waals surface area contributed by atoms with Crippen molar-refractivity contribution in [2.45, 2.75) is 6.54 Å². The Hall–Kier alpha value is -2.64. The van der Waals surface area contributed by atoms with E-state index in [1.165, 1.54) is 12.1 Å². The molecule has 3 aromatic rings. The highest BCUT2D eigenvalue weighted by atomic mass is 79.9. The van der Waals surface area contributed by atoms with Crippen LogP contribution in [-0.2, 0) is 11.3 Å². The monoisotopic (exact) mass is 457 g/mol. The minimum atomic E-state index is -0.388. The minimum absolute atomic E-state index is 0.102. The molecule has 4 nitrogen and oxygen atoms in total. The van der Waals surface area contributed by atoms with Crippen LogP contribution in [0.5, 0.6) is 0 Å². The Bertz CT molecular complexity index is 1070. The topological polar surface area (TPSA) is 50.5 Å². The van der Waals surface area contributed by atoms with E-state index in [2.05, 4.69) is 15.9 Å². The van der Waals surface area contributed by atoms with E-state index in [0.717, 1.165) is 26.7 Å². The molecule has 2 heterocycles. The zero-order valence-electron chi connectivity index (χ0n) is 14.4. The van der Waals surface area contributed by atoms with Crippen LogP contribution in [0.15, 0.2) is 74.5 Å². The zero-order chi connectivity index (χ0) is 19.7. The third-order valence-electron chi connectivity index (χ3n) is 4.16. The number of thioether (sulfide) groups is 1. The summed E-state index contributed by atoms with van der Waals surface area (Å²) in [6, 6.07) is 17.0. The van der Waals surface area contributed by atoms with Crippen LogP contribution in [0.4, 0.5) is 9.18 Å².